The van der Waals surface area contributed by atoms with E-state index in [4.69, 9.17) is 16.5 Å². The van der Waals surface area contributed by atoms with Crippen molar-refractivity contribution < 1.29 is 0 Å². The molecule has 3 aromatic heterocycles. The van der Waals surface area contributed by atoms with E-state index in [1.54, 1.807) is 6.07 Å². The molecule has 0 radical (unpaired) electrons. The Morgan fingerprint density at radius 3 is 1.74 bits per heavy atom. The van der Waals surface area contributed by atoms with Gasteiger partial charge in [-0.25, -0.2) is 4.98 Å². The molecule has 3 heterocycles. The van der Waals surface area contributed by atoms with Gasteiger partial charge in [0, 0.05) is 27.2 Å². The van der Waals surface area contributed by atoms with Crippen LogP contribution in [0.15, 0.2) is 152 Å². The molecule has 46 heavy (non-hydrogen) atoms. The lowest BCUT2D eigenvalue weighted by atomic mass is 10.1. The highest BCUT2D eigenvalue weighted by Crippen LogP contribution is 2.41. The van der Waals surface area contributed by atoms with E-state index in [0.29, 0.717) is 11.6 Å². The molecule has 0 amide bonds. The van der Waals surface area contributed by atoms with E-state index in [1.807, 2.05) is 42.5 Å². The van der Waals surface area contributed by atoms with Crippen LogP contribution in [0.25, 0.3) is 82.5 Å². The van der Waals surface area contributed by atoms with Crippen LogP contribution in [0.3, 0.4) is 0 Å². The van der Waals surface area contributed by atoms with Crippen molar-refractivity contribution in [3.63, 3.8) is 0 Å². The van der Waals surface area contributed by atoms with Gasteiger partial charge >= 0.3 is 0 Å². The SMILES string of the molecule is [C-]#[N+]c1cc(-c2ccccc2)nc(-c2ccccc2-n2c3ccccc3c3cc4c(cc32)c2ccccc2n4-c2ccccc2)n1. The average Bonchev–Trinajstić information content (AvgIpc) is 3.63. The van der Waals surface area contributed by atoms with Crippen LogP contribution in [0.4, 0.5) is 5.82 Å². The Hall–Kier alpha value is -6.51. The Bertz CT molecular complexity index is 2640. The Kier molecular flexibility index (Phi) is 5.81. The van der Waals surface area contributed by atoms with E-state index in [9.17, 15) is 0 Å². The van der Waals surface area contributed by atoms with Crippen molar-refractivity contribution in [2.24, 2.45) is 0 Å². The molecule has 0 aliphatic carbocycles. The van der Waals surface area contributed by atoms with Crippen LogP contribution in [0.2, 0.25) is 0 Å². The van der Waals surface area contributed by atoms with Crippen molar-refractivity contribution in [2.45, 2.75) is 0 Å². The predicted molar refractivity (Wildman–Crippen MR) is 188 cm³/mol. The van der Waals surface area contributed by atoms with Gasteiger partial charge in [0.15, 0.2) is 0 Å². The van der Waals surface area contributed by atoms with Gasteiger partial charge in [-0.1, -0.05) is 109 Å². The zero-order valence-corrected chi connectivity index (χ0v) is 24.7. The molecule has 0 aliphatic rings. The smallest absolute Gasteiger partial charge is 0.274 e. The third-order valence-corrected chi connectivity index (χ3v) is 8.76. The van der Waals surface area contributed by atoms with Gasteiger partial charge < -0.3 is 14.0 Å². The fourth-order valence-corrected chi connectivity index (χ4v) is 6.77. The largest absolute Gasteiger partial charge is 0.360 e. The van der Waals surface area contributed by atoms with Crippen molar-refractivity contribution in [3.8, 4) is 34.0 Å². The van der Waals surface area contributed by atoms with Gasteiger partial charge in [0.2, 0.25) is 0 Å². The zero-order chi connectivity index (χ0) is 30.6. The zero-order valence-electron chi connectivity index (χ0n) is 24.7. The van der Waals surface area contributed by atoms with E-state index in [0.717, 1.165) is 44.7 Å². The van der Waals surface area contributed by atoms with Crippen LogP contribution in [0.1, 0.15) is 0 Å². The summed E-state index contributed by atoms with van der Waals surface area (Å²) in [6, 6.07) is 52.3. The number of nitrogens with zero attached hydrogens (tertiary/aromatic N) is 5. The summed E-state index contributed by atoms with van der Waals surface area (Å²) in [5, 5.41) is 4.72. The summed E-state index contributed by atoms with van der Waals surface area (Å²) >= 11 is 0. The first-order valence-corrected chi connectivity index (χ1v) is 15.2. The predicted octanol–water partition coefficient (Wildman–Crippen LogP) is 10.6. The molecule has 0 unspecified atom stereocenters. The third-order valence-electron chi connectivity index (χ3n) is 8.76. The first kappa shape index (κ1) is 25.9. The first-order valence-electron chi connectivity index (χ1n) is 15.2. The van der Waals surface area contributed by atoms with Crippen molar-refractivity contribution in [1.82, 2.24) is 19.1 Å². The highest BCUT2D eigenvalue weighted by atomic mass is 15.0. The van der Waals surface area contributed by atoms with Gasteiger partial charge in [0.1, 0.15) is 0 Å². The van der Waals surface area contributed by atoms with Gasteiger partial charge in [0.05, 0.1) is 39.0 Å². The van der Waals surface area contributed by atoms with E-state index in [-0.39, 0.29) is 0 Å². The van der Waals surface area contributed by atoms with Crippen LogP contribution in [0.5, 0.6) is 0 Å². The van der Waals surface area contributed by atoms with Crippen molar-refractivity contribution in [2.75, 3.05) is 0 Å². The summed E-state index contributed by atoms with van der Waals surface area (Å²) in [5.41, 5.74) is 9.15. The molecular formula is C41H25N5. The summed E-state index contributed by atoms with van der Waals surface area (Å²) in [7, 11) is 0. The number of rotatable bonds is 4. The molecule has 6 aromatic carbocycles. The summed E-state index contributed by atoms with van der Waals surface area (Å²) < 4.78 is 4.68. The fraction of sp³-hybridized carbons (Fsp3) is 0. The molecule has 0 saturated heterocycles. The maximum absolute atomic E-state index is 7.81. The molecule has 0 fully saturated rings. The topological polar surface area (TPSA) is 40.0 Å². The highest BCUT2D eigenvalue weighted by molar-refractivity contribution is 6.19. The molecule has 0 N–H and O–H groups in total. The second-order valence-electron chi connectivity index (χ2n) is 11.4. The number of hydrogen-bond acceptors (Lipinski definition) is 2. The van der Waals surface area contributed by atoms with Crippen molar-refractivity contribution >= 4 is 49.4 Å². The van der Waals surface area contributed by atoms with Crippen LogP contribution >= 0.6 is 0 Å². The molecule has 5 nitrogen and oxygen atoms in total. The lowest BCUT2D eigenvalue weighted by Crippen LogP contribution is -2.00. The van der Waals surface area contributed by atoms with Crippen LogP contribution in [-0.4, -0.2) is 19.1 Å². The molecule has 0 spiro atoms. The van der Waals surface area contributed by atoms with E-state index >= 15 is 0 Å². The second-order valence-corrected chi connectivity index (χ2v) is 11.4. The maximum Gasteiger partial charge on any atom is 0.274 e. The first-order chi connectivity index (χ1) is 22.8. The Morgan fingerprint density at radius 2 is 1.04 bits per heavy atom. The Morgan fingerprint density at radius 1 is 0.478 bits per heavy atom. The summed E-state index contributed by atoms with van der Waals surface area (Å²) in [6.07, 6.45) is 0. The standard InChI is InChI=1S/C41H25N5/c1-42-40-26-34(27-14-4-2-5-15-27)43-41(44-40)31-20-10-13-23-37(31)46-36-22-12-9-19-30(36)33-24-38-32(25-39(33)46)29-18-8-11-21-35(29)45(38)28-16-6-3-7-17-28/h2-26H. The molecular weight excluding hydrogens is 562 g/mol. The lowest BCUT2D eigenvalue weighted by Gasteiger charge is -2.13. The molecule has 0 atom stereocenters. The number of hydrogen-bond donors (Lipinski definition) is 0. The molecule has 0 bridgehead atoms. The minimum Gasteiger partial charge on any atom is -0.360 e. The van der Waals surface area contributed by atoms with E-state index < -0.39 is 0 Å². The maximum atomic E-state index is 7.81. The quantitative estimate of drug-likeness (QED) is 0.192. The third kappa shape index (κ3) is 3.94. The second kappa shape index (κ2) is 10.3. The summed E-state index contributed by atoms with van der Waals surface area (Å²) in [5.74, 6) is 0.840. The Balaban J connectivity index is 1.36. The number of fused-ring (bicyclic) bond motifs is 6. The van der Waals surface area contributed by atoms with Crippen molar-refractivity contribution in [1.29, 1.82) is 0 Å². The minimum atomic E-state index is 0.316. The highest BCUT2D eigenvalue weighted by Gasteiger charge is 2.22. The molecule has 0 saturated carbocycles. The van der Waals surface area contributed by atoms with Crippen LogP contribution < -0.4 is 0 Å². The molecule has 5 heteroatoms. The molecule has 9 aromatic rings. The Labute approximate surface area is 265 Å². The van der Waals surface area contributed by atoms with Gasteiger partial charge in [-0.05, 0) is 60.2 Å². The van der Waals surface area contributed by atoms with Gasteiger partial charge in [-0.15, -0.1) is 0 Å². The van der Waals surface area contributed by atoms with Gasteiger partial charge in [0.25, 0.3) is 11.6 Å². The average molecular weight is 588 g/mol. The molecule has 0 aliphatic heterocycles. The van der Waals surface area contributed by atoms with Crippen LogP contribution in [0, 0.1) is 6.57 Å². The number of para-hydroxylation sites is 4. The molecule has 9 rings (SSSR count). The lowest BCUT2D eigenvalue weighted by molar-refractivity contribution is 1.14. The number of benzene rings is 6. The normalized spacial score (nSPS) is 11.5. The summed E-state index contributed by atoms with van der Waals surface area (Å²) in [6.45, 7) is 7.81. The van der Waals surface area contributed by atoms with E-state index in [1.165, 1.54) is 27.1 Å². The van der Waals surface area contributed by atoms with Gasteiger partial charge in [-0.2, -0.15) is 0 Å². The molecule has 214 valence electrons. The van der Waals surface area contributed by atoms with E-state index in [2.05, 4.69) is 117 Å². The van der Waals surface area contributed by atoms with Crippen LogP contribution in [-0.2, 0) is 0 Å². The van der Waals surface area contributed by atoms with Crippen molar-refractivity contribution in [3.05, 3.63) is 163 Å². The fourth-order valence-electron chi connectivity index (χ4n) is 6.77. The van der Waals surface area contributed by atoms with Gasteiger partial charge in [-0.3, -0.25) is 0 Å². The minimum absolute atomic E-state index is 0.316. The number of aromatic nitrogens is 4. The summed E-state index contributed by atoms with van der Waals surface area (Å²) in [4.78, 5) is 13.4. The monoisotopic (exact) mass is 587 g/mol.